The van der Waals surface area contributed by atoms with Crippen molar-refractivity contribution < 1.29 is 4.92 Å². The van der Waals surface area contributed by atoms with Gasteiger partial charge in [-0.1, -0.05) is 37.3 Å². The molecule has 0 fully saturated rings. The molecule has 0 radical (unpaired) electrons. The molecule has 0 aromatic heterocycles. The van der Waals surface area contributed by atoms with Gasteiger partial charge >= 0.3 is 0 Å². The zero-order valence-electron chi connectivity index (χ0n) is 11.2. The molecule has 96 valence electrons. The monoisotopic (exact) mass is 246 g/mol. The van der Waals surface area contributed by atoms with E-state index in [1.54, 1.807) is 6.92 Å². The van der Waals surface area contributed by atoms with E-state index in [2.05, 4.69) is 0 Å². The Kier molecular flexibility index (Phi) is 2.89. The summed E-state index contributed by atoms with van der Waals surface area (Å²) in [7, 11) is 3.73. The van der Waals surface area contributed by atoms with Gasteiger partial charge in [0.25, 0.3) is 5.54 Å². The normalized spacial score (nSPS) is 26.8. The van der Waals surface area contributed by atoms with E-state index in [9.17, 15) is 10.1 Å². The van der Waals surface area contributed by atoms with E-state index in [0.717, 1.165) is 16.8 Å². The van der Waals surface area contributed by atoms with Crippen molar-refractivity contribution in [3.63, 3.8) is 0 Å². The van der Waals surface area contributed by atoms with E-state index in [1.807, 2.05) is 56.3 Å². The van der Waals surface area contributed by atoms with Gasteiger partial charge in [0, 0.05) is 25.9 Å². The van der Waals surface area contributed by atoms with Crippen LogP contribution in [0.4, 0.5) is 0 Å². The van der Waals surface area contributed by atoms with Crippen LogP contribution in [0.1, 0.15) is 19.4 Å². The molecule has 0 N–H and O–H groups in total. The van der Waals surface area contributed by atoms with E-state index in [1.165, 1.54) is 0 Å². The third-order valence-electron chi connectivity index (χ3n) is 3.92. The number of nitro groups is 1. The standard InChI is InChI=1S/C14H18N2O2/c1-10-12(11-8-6-5-7-9-11)13(15(3)4)14(10,2)16(17)18/h5-10H,1-4H3. The first-order valence-corrected chi connectivity index (χ1v) is 6.02. The van der Waals surface area contributed by atoms with Crippen LogP contribution in [0.15, 0.2) is 36.0 Å². The second-order valence-electron chi connectivity index (χ2n) is 5.15. The molecule has 0 aliphatic heterocycles. The van der Waals surface area contributed by atoms with Crippen molar-refractivity contribution in [2.75, 3.05) is 14.1 Å². The fourth-order valence-corrected chi connectivity index (χ4v) is 2.83. The molecule has 1 aliphatic carbocycles. The smallest absolute Gasteiger partial charge is 0.265 e. The van der Waals surface area contributed by atoms with Gasteiger partial charge in [0.15, 0.2) is 0 Å². The van der Waals surface area contributed by atoms with Gasteiger partial charge in [-0.2, -0.15) is 0 Å². The minimum atomic E-state index is -0.978. The molecule has 1 aromatic rings. The molecule has 4 nitrogen and oxygen atoms in total. The van der Waals surface area contributed by atoms with Crippen LogP contribution in [0.25, 0.3) is 5.57 Å². The van der Waals surface area contributed by atoms with Crippen molar-refractivity contribution in [1.29, 1.82) is 0 Å². The molecule has 0 saturated heterocycles. The van der Waals surface area contributed by atoms with Crippen LogP contribution in [0.2, 0.25) is 0 Å². The topological polar surface area (TPSA) is 46.4 Å². The summed E-state index contributed by atoms with van der Waals surface area (Å²) < 4.78 is 0. The quantitative estimate of drug-likeness (QED) is 0.608. The average molecular weight is 246 g/mol. The van der Waals surface area contributed by atoms with Gasteiger partial charge in [0.2, 0.25) is 0 Å². The number of likely N-dealkylation sites (N-methyl/N-ethyl adjacent to an activating group) is 1. The molecule has 0 amide bonds. The fraction of sp³-hybridized carbons (Fsp3) is 0.429. The van der Waals surface area contributed by atoms with Gasteiger partial charge < -0.3 is 4.90 Å². The Bertz CT molecular complexity index is 508. The summed E-state index contributed by atoms with van der Waals surface area (Å²) in [5, 5.41) is 11.4. The van der Waals surface area contributed by atoms with Crippen LogP contribution in [0.5, 0.6) is 0 Å². The molecule has 2 rings (SSSR count). The maximum Gasteiger partial charge on any atom is 0.265 e. The van der Waals surface area contributed by atoms with Gasteiger partial charge in [-0.3, -0.25) is 10.1 Å². The average Bonchev–Trinajstić information content (AvgIpc) is 2.34. The molecule has 1 aromatic carbocycles. The zero-order chi connectivity index (χ0) is 13.5. The number of hydrogen-bond acceptors (Lipinski definition) is 3. The SMILES string of the molecule is CC1C(c2ccccc2)=C(N(C)C)C1(C)[N+](=O)[O-]. The van der Waals surface area contributed by atoms with Crippen LogP contribution in [-0.2, 0) is 0 Å². The molecule has 0 bridgehead atoms. The summed E-state index contributed by atoms with van der Waals surface area (Å²) >= 11 is 0. The first-order valence-electron chi connectivity index (χ1n) is 6.02. The van der Waals surface area contributed by atoms with Crippen molar-refractivity contribution in [3.8, 4) is 0 Å². The van der Waals surface area contributed by atoms with Crippen LogP contribution in [0.3, 0.4) is 0 Å². The molecule has 0 heterocycles. The fourth-order valence-electron chi connectivity index (χ4n) is 2.83. The summed E-state index contributed by atoms with van der Waals surface area (Å²) in [4.78, 5) is 13.0. The van der Waals surface area contributed by atoms with Gasteiger partial charge in [0.1, 0.15) is 0 Å². The van der Waals surface area contributed by atoms with Crippen molar-refractivity contribution >= 4 is 5.57 Å². The summed E-state index contributed by atoms with van der Waals surface area (Å²) in [5.41, 5.74) is 1.99. The summed E-state index contributed by atoms with van der Waals surface area (Å²) in [6.45, 7) is 3.64. The molecule has 0 saturated carbocycles. The Labute approximate surface area is 107 Å². The van der Waals surface area contributed by atoms with Gasteiger partial charge in [-0.25, -0.2) is 0 Å². The van der Waals surface area contributed by atoms with Crippen molar-refractivity contribution in [2.45, 2.75) is 19.4 Å². The highest BCUT2D eigenvalue weighted by atomic mass is 16.6. The van der Waals surface area contributed by atoms with Crippen molar-refractivity contribution in [3.05, 3.63) is 51.7 Å². The zero-order valence-corrected chi connectivity index (χ0v) is 11.2. The van der Waals surface area contributed by atoms with E-state index in [-0.39, 0.29) is 10.8 Å². The maximum atomic E-state index is 11.4. The highest BCUT2D eigenvalue weighted by Gasteiger charge is 2.59. The lowest BCUT2D eigenvalue weighted by Crippen LogP contribution is -2.55. The molecule has 2 unspecified atom stereocenters. The predicted molar refractivity (Wildman–Crippen MR) is 71.6 cm³/mol. The lowest BCUT2D eigenvalue weighted by Gasteiger charge is -2.45. The van der Waals surface area contributed by atoms with E-state index in [0.29, 0.717) is 0 Å². The predicted octanol–water partition coefficient (Wildman–Crippen LogP) is 2.64. The molecule has 1 aliphatic rings. The Morgan fingerprint density at radius 3 is 2.28 bits per heavy atom. The van der Waals surface area contributed by atoms with Crippen LogP contribution < -0.4 is 0 Å². The molecular weight excluding hydrogens is 228 g/mol. The van der Waals surface area contributed by atoms with Crippen LogP contribution in [-0.4, -0.2) is 29.5 Å². The lowest BCUT2D eigenvalue weighted by molar-refractivity contribution is -0.567. The summed E-state index contributed by atoms with van der Waals surface area (Å²) in [6, 6.07) is 9.90. The van der Waals surface area contributed by atoms with Crippen LogP contribution >= 0.6 is 0 Å². The van der Waals surface area contributed by atoms with Gasteiger partial charge in [0.05, 0.1) is 11.6 Å². The highest BCUT2D eigenvalue weighted by molar-refractivity contribution is 5.79. The third kappa shape index (κ3) is 1.52. The van der Waals surface area contributed by atoms with E-state index >= 15 is 0 Å². The largest absolute Gasteiger partial charge is 0.375 e. The molecule has 4 heteroatoms. The Morgan fingerprint density at radius 1 is 1.28 bits per heavy atom. The minimum absolute atomic E-state index is 0.0766. The third-order valence-corrected chi connectivity index (χ3v) is 3.92. The number of rotatable bonds is 3. The van der Waals surface area contributed by atoms with Gasteiger partial charge in [-0.15, -0.1) is 0 Å². The first-order chi connectivity index (χ1) is 8.40. The summed E-state index contributed by atoms with van der Waals surface area (Å²) in [5.74, 6) is -0.0766. The Hall–Kier alpha value is -1.84. The van der Waals surface area contributed by atoms with Crippen molar-refractivity contribution in [1.82, 2.24) is 4.90 Å². The second-order valence-corrected chi connectivity index (χ2v) is 5.15. The highest BCUT2D eigenvalue weighted by Crippen LogP contribution is 2.51. The Morgan fingerprint density at radius 2 is 1.83 bits per heavy atom. The molecule has 18 heavy (non-hydrogen) atoms. The maximum absolute atomic E-state index is 11.4. The minimum Gasteiger partial charge on any atom is -0.375 e. The number of nitrogens with zero attached hydrogens (tertiary/aromatic N) is 2. The molecule has 0 spiro atoms. The van der Waals surface area contributed by atoms with Crippen molar-refractivity contribution in [2.24, 2.45) is 5.92 Å². The first kappa shape index (κ1) is 12.6. The van der Waals surface area contributed by atoms with E-state index < -0.39 is 5.54 Å². The summed E-state index contributed by atoms with van der Waals surface area (Å²) in [6.07, 6.45) is 0. The number of hydrogen-bond donors (Lipinski definition) is 0. The van der Waals surface area contributed by atoms with Gasteiger partial charge in [-0.05, 0) is 11.1 Å². The molecular formula is C14H18N2O2. The lowest BCUT2D eigenvalue weighted by atomic mass is 9.64. The van der Waals surface area contributed by atoms with E-state index in [4.69, 9.17) is 0 Å². The number of benzene rings is 1. The van der Waals surface area contributed by atoms with Crippen LogP contribution in [0, 0.1) is 16.0 Å². The Balaban J connectivity index is 2.58. The second kappa shape index (κ2) is 4.12. The molecule has 2 atom stereocenters.